The van der Waals surface area contributed by atoms with Gasteiger partial charge in [-0.15, -0.1) is 15.3 Å². The second-order valence-corrected chi connectivity index (χ2v) is 8.90. The standard InChI is InChI=1S/C22H23N5O4S/c1-15-13-18(30-3)19(14-16(15)2)32(28,29)23-11-12-31-21-10-9-20-24-25-22(27(20)26-21)17-7-5-4-6-8-17/h4-10,13-14,23H,11-12H2,1-3H3. The van der Waals surface area contributed by atoms with Crippen molar-refractivity contribution in [3.8, 4) is 23.0 Å². The summed E-state index contributed by atoms with van der Waals surface area (Å²) in [6.07, 6.45) is 0. The molecule has 0 aliphatic carbocycles. The summed E-state index contributed by atoms with van der Waals surface area (Å²) in [5, 5.41) is 12.7. The highest BCUT2D eigenvalue weighted by atomic mass is 32.2. The van der Waals surface area contributed by atoms with Crippen LogP contribution in [-0.2, 0) is 10.0 Å². The summed E-state index contributed by atoms with van der Waals surface area (Å²) in [5.74, 6) is 1.22. The number of fused-ring (bicyclic) bond motifs is 1. The van der Waals surface area contributed by atoms with Crippen molar-refractivity contribution in [2.45, 2.75) is 18.7 Å². The highest BCUT2D eigenvalue weighted by molar-refractivity contribution is 7.89. The quantitative estimate of drug-likeness (QED) is 0.409. The summed E-state index contributed by atoms with van der Waals surface area (Å²) < 4.78 is 40.5. The molecule has 0 saturated carbocycles. The fourth-order valence-corrected chi connectivity index (χ4v) is 4.41. The third-order valence-corrected chi connectivity index (χ3v) is 6.47. The van der Waals surface area contributed by atoms with Crippen LogP contribution in [-0.4, -0.2) is 48.5 Å². The van der Waals surface area contributed by atoms with Crippen molar-refractivity contribution in [3.05, 3.63) is 65.7 Å². The van der Waals surface area contributed by atoms with Crippen LogP contribution in [0.3, 0.4) is 0 Å². The molecule has 2 aromatic heterocycles. The fourth-order valence-electron chi connectivity index (χ4n) is 3.16. The first-order valence-corrected chi connectivity index (χ1v) is 11.4. The number of nitrogens with one attached hydrogen (secondary N) is 1. The predicted molar refractivity (Wildman–Crippen MR) is 119 cm³/mol. The number of aryl methyl sites for hydroxylation is 2. The van der Waals surface area contributed by atoms with Gasteiger partial charge in [0.15, 0.2) is 11.5 Å². The molecular formula is C22H23N5O4S. The van der Waals surface area contributed by atoms with Crippen molar-refractivity contribution in [1.29, 1.82) is 0 Å². The van der Waals surface area contributed by atoms with Gasteiger partial charge in [-0.05, 0) is 43.2 Å². The van der Waals surface area contributed by atoms with Gasteiger partial charge in [-0.25, -0.2) is 13.1 Å². The SMILES string of the molecule is COc1cc(C)c(C)cc1S(=O)(=O)NCCOc1ccc2nnc(-c3ccccc3)n2n1. The molecule has 0 fully saturated rings. The minimum atomic E-state index is -3.77. The summed E-state index contributed by atoms with van der Waals surface area (Å²) in [4.78, 5) is 0.0969. The Kier molecular flexibility index (Phi) is 6.06. The lowest BCUT2D eigenvalue weighted by Crippen LogP contribution is -2.29. The Labute approximate surface area is 186 Å². The topological polar surface area (TPSA) is 108 Å². The number of hydrogen-bond donors (Lipinski definition) is 1. The second-order valence-electron chi connectivity index (χ2n) is 7.16. The molecule has 0 bridgehead atoms. The number of ether oxygens (including phenoxy) is 2. The lowest BCUT2D eigenvalue weighted by Gasteiger charge is -2.13. The Hall–Kier alpha value is -3.50. The number of rotatable bonds is 8. The van der Waals surface area contributed by atoms with Gasteiger partial charge in [0.1, 0.15) is 17.3 Å². The molecule has 0 spiro atoms. The molecule has 1 N–H and O–H groups in total. The molecule has 32 heavy (non-hydrogen) atoms. The van der Waals surface area contributed by atoms with Gasteiger partial charge < -0.3 is 9.47 Å². The van der Waals surface area contributed by atoms with Crippen LogP contribution in [0.1, 0.15) is 11.1 Å². The minimum absolute atomic E-state index is 0.0614. The monoisotopic (exact) mass is 453 g/mol. The van der Waals surface area contributed by atoms with Gasteiger partial charge in [0.05, 0.1) is 7.11 Å². The normalized spacial score (nSPS) is 11.6. The molecule has 0 atom stereocenters. The minimum Gasteiger partial charge on any atom is -0.495 e. The summed E-state index contributed by atoms with van der Waals surface area (Å²) in [5.41, 5.74) is 3.27. The molecular weight excluding hydrogens is 430 g/mol. The molecule has 0 saturated heterocycles. The zero-order valence-corrected chi connectivity index (χ0v) is 18.8. The van der Waals surface area contributed by atoms with E-state index in [-0.39, 0.29) is 18.0 Å². The van der Waals surface area contributed by atoms with Crippen LogP contribution >= 0.6 is 0 Å². The van der Waals surface area contributed by atoms with Crippen LogP contribution in [0.2, 0.25) is 0 Å². The molecule has 4 aromatic rings. The van der Waals surface area contributed by atoms with E-state index < -0.39 is 10.0 Å². The van der Waals surface area contributed by atoms with E-state index in [1.807, 2.05) is 44.2 Å². The van der Waals surface area contributed by atoms with E-state index in [4.69, 9.17) is 9.47 Å². The maximum Gasteiger partial charge on any atom is 0.244 e. The van der Waals surface area contributed by atoms with E-state index >= 15 is 0 Å². The molecule has 0 aliphatic heterocycles. The summed E-state index contributed by atoms with van der Waals surface area (Å²) in [6.45, 7) is 3.91. The van der Waals surface area contributed by atoms with Crippen molar-refractivity contribution >= 4 is 15.7 Å². The number of benzene rings is 2. The fraction of sp³-hybridized carbons (Fsp3) is 0.227. The molecule has 4 rings (SSSR count). The molecule has 2 aromatic carbocycles. The number of sulfonamides is 1. The highest BCUT2D eigenvalue weighted by Crippen LogP contribution is 2.27. The van der Waals surface area contributed by atoms with Gasteiger partial charge in [-0.1, -0.05) is 30.3 Å². The zero-order chi connectivity index (χ0) is 22.7. The Balaban J connectivity index is 1.44. The molecule has 0 amide bonds. The van der Waals surface area contributed by atoms with Gasteiger partial charge in [-0.2, -0.15) is 4.52 Å². The molecule has 0 unspecified atom stereocenters. The van der Waals surface area contributed by atoms with Crippen molar-refractivity contribution < 1.29 is 17.9 Å². The molecule has 0 radical (unpaired) electrons. The van der Waals surface area contributed by atoms with Gasteiger partial charge in [-0.3, -0.25) is 0 Å². The van der Waals surface area contributed by atoms with Crippen LogP contribution in [0.5, 0.6) is 11.6 Å². The Morgan fingerprint density at radius 1 is 1.00 bits per heavy atom. The van der Waals surface area contributed by atoms with Gasteiger partial charge >= 0.3 is 0 Å². The lowest BCUT2D eigenvalue weighted by molar-refractivity contribution is 0.305. The van der Waals surface area contributed by atoms with Crippen molar-refractivity contribution in [2.24, 2.45) is 0 Å². The van der Waals surface area contributed by atoms with Crippen LogP contribution in [0.15, 0.2) is 59.5 Å². The van der Waals surface area contributed by atoms with Crippen LogP contribution in [0.25, 0.3) is 17.0 Å². The Morgan fingerprint density at radius 2 is 1.75 bits per heavy atom. The maximum atomic E-state index is 12.7. The van der Waals surface area contributed by atoms with E-state index in [0.717, 1.165) is 16.7 Å². The second kappa shape index (κ2) is 8.93. The summed E-state index contributed by atoms with van der Waals surface area (Å²) >= 11 is 0. The van der Waals surface area contributed by atoms with Gasteiger partial charge in [0, 0.05) is 18.2 Å². The summed E-state index contributed by atoms with van der Waals surface area (Å²) in [6, 6.07) is 16.3. The van der Waals surface area contributed by atoms with E-state index in [9.17, 15) is 8.42 Å². The Bertz CT molecular complexity index is 1350. The van der Waals surface area contributed by atoms with E-state index in [0.29, 0.717) is 23.1 Å². The van der Waals surface area contributed by atoms with Crippen LogP contribution < -0.4 is 14.2 Å². The van der Waals surface area contributed by atoms with Crippen LogP contribution in [0, 0.1) is 13.8 Å². The first-order chi connectivity index (χ1) is 15.4. The van der Waals surface area contributed by atoms with E-state index in [2.05, 4.69) is 20.0 Å². The first kappa shape index (κ1) is 21.7. The first-order valence-electron chi connectivity index (χ1n) is 9.94. The van der Waals surface area contributed by atoms with Gasteiger partial charge in [0.2, 0.25) is 15.9 Å². The van der Waals surface area contributed by atoms with Crippen LogP contribution in [0.4, 0.5) is 0 Å². The van der Waals surface area contributed by atoms with Crippen molar-refractivity contribution in [2.75, 3.05) is 20.3 Å². The molecule has 2 heterocycles. The maximum absolute atomic E-state index is 12.7. The lowest BCUT2D eigenvalue weighted by atomic mass is 10.1. The zero-order valence-electron chi connectivity index (χ0n) is 17.9. The average Bonchev–Trinajstić information content (AvgIpc) is 3.22. The predicted octanol–water partition coefficient (Wildman–Crippen LogP) is 2.77. The third kappa shape index (κ3) is 4.41. The number of aromatic nitrogens is 4. The van der Waals surface area contributed by atoms with Crippen molar-refractivity contribution in [1.82, 2.24) is 24.5 Å². The molecule has 9 nitrogen and oxygen atoms in total. The van der Waals surface area contributed by atoms with E-state index in [1.165, 1.54) is 7.11 Å². The molecule has 0 aliphatic rings. The van der Waals surface area contributed by atoms with Gasteiger partial charge in [0.25, 0.3) is 0 Å². The number of hydrogen-bond acceptors (Lipinski definition) is 7. The van der Waals surface area contributed by atoms with E-state index in [1.54, 1.807) is 28.8 Å². The highest BCUT2D eigenvalue weighted by Gasteiger charge is 2.20. The smallest absolute Gasteiger partial charge is 0.244 e. The summed E-state index contributed by atoms with van der Waals surface area (Å²) in [7, 11) is -2.32. The average molecular weight is 454 g/mol. The van der Waals surface area contributed by atoms with Crippen molar-refractivity contribution in [3.63, 3.8) is 0 Å². The Morgan fingerprint density at radius 3 is 2.50 bits per heavy atom. The number of nitrogens with zero attached hydrogens (tertiary/aromatic N) is 4. The third-order valence-electron chi connectivity index (χ3n) is 4.98. The largest absolute Gasteiger partial charge is 0.495 e. The number of methoxy groups -OCH3 is 1. The molecule has 166 valence electrons. The molecule has 10 heteroatoms.